The van der Waals surface area contributed by atoms with Crippen LogP contribution < -0.4 is 9.88 Å². The van der Waals surface area contributed by atoms with Crippen molar-refractivity contribution in [3.05, 3.63) is 60.7 Å². The molecule has 0 radical (unpaired) electrons. The van der Waals surface area contributed by atoms with Gasteiger partial charge in [0.05, 0.1) is 34.5 Å². The highest BCUT2D eigenvalue weighted by molar-refractivity contribution is 7.98. The lowest BCUT2D eigenvalue weighted by molar-refractivity contribution is 0.414. The first kappa shape index (κ1) is 22.4. The molecule has 2 aromatic heterocycles. The summed E-state index contributed by atoms with van der Waals surface area (Å²) in [5, 5.41) is 6.13. The predicted octanol–water partition coefficient (Wildman–Crippen LogP) is 3.97. The van der Waals surface area contributed by atoms with Gasteiger partial charge in [0.25, 0.3) is 0 Å². The Morgan fingerprint density at radius 3 is 2.78 bits per heavy atom. The van der Waals surface area contributed by atoms with Gasteiger partial charge in [0.2, 0.25) is 10.0 Å². The summed E-state index contributed by atoms with van der Waals surface area (Å²) in [5.74, 6) is 2.23. The van der Waals surface area contributed by atoms with Crippen molar-refractivity contribution in [2.24, 2.45) is 5.14 Å². The Balaban J connectivity index is 1.65. The Bertz CT molecular complexity index is 1340. The van der Waals surface area contributed by atoms with Crippen LogP contribution in [0.15, 0.2) is 64.9 Å². The fraction of sp³-hybridized carbons (Fsp3) is 0.273. The van der Waals surface area contributed by atoms with E-state index < -0.39 is 10.0 Å². The zero-order valence-corrected chi connectivity index (χ0v) is 19.6. The largest absolute Gasteiger partial charge is 0.497 e. The molecule has 32 heavy (non-hydrogen) atoms. The van der Waals surface area contributed by atoms with Gasteiger partial charge in [-0.15, -0.1) is 0 Å². The number of nitrogens with zero attached hydrogens (tertiary/aromatic N) is 4. The maximum absolute atomic E-state index is 11.8. The van der Waals surface area contributed by atoms with Crippen LogP contribution in [0.2, 0.25) is 0 Å². The second-order valence-corrected chi connectivity index (χ2v) is 9.80. The number of aryl methyl sites for hydroxylation is 1. The van der Waals surface area contributed by atoms with Crippen LogP contribution >= 0.6 is 11.8 Å². The first-order valence-electron chi connectivity index (χ1n) is 10.2. The number of thioether (sulfide) groups is 1. The van der Waals surface area contributed by atoms with E-state index in [0.29, 0.717) is 11.3 Å². The second-order valence-electron chi connectivity index (χ2n) is 7.30. The first-order valence-corrected chi connectivity index (χ1v) is 12.8. The maximum atomic E-state index is 11.8. The van der Waals surface area contributed by atoms with Crippen molar-refractivity contribution in [2.45, 2.75) is 42.1 Å². The van der Waals surface area contributed by atoms with Gasteiger partial charge < -0.3 is 9.30 Å². The minimum absolute atomic E-state index is 0.0675. The summed E-state index contributed by atoms with van der Waals surface area (Å²) in [6.45, 7) is 2.94. The van der Waals surface area contributed by atoms with Crippen molar-refractivity contribution < 1.29 is 13.2 Å². The molecule has 4 aromatic rings. The molecule has 2 aromatic carbocycles. The van der Waals surface area contributed by atoms with E-state index in [-0.39, 0.29) is 4.90 Å². The molecule has 0 aliphatic heterocycles. The number of nitrogens with two attached hydrogens (primary N) is 1. The first-order chi connectivity index (χ1) is 15.4. The SMILES string of the molecule is CCCCn1c(CSc2nccn2-c2cccc(OC)c2)nc2cc(S(N)(=O)=O)ccc21. The molecule has 0 aliphatic carbocycles. The van der Waals surface area contributed by atoms with E-state index in [1.165, 1.54) is 6.07 Å². The Morgan fingerprint density at radius 1 is 1.19 bits per heavy atom. The Hall–Kier alpha value is -2.82. The smallest absolute Gasteiger partial charge is 0.238 e. The number of hydrogen-bond acceptors (Lipinski definition) is 6. The summed E-state index contributed by atoms with van der Waals surface area (Å²) in [6, 6.07) is 12.7. The Labute approximate surface area is 191 Å². The van der Waals surface area contributed by atoms with Gasteiger partial charge in [0.1, 0.15) is 11.6 Å². The van der Waals surface area contributed by atoms with Gasteiger partial charge in [-0.2, -0.15) is 0 Å². The molecule has 0 atom stereocenters. The van der Waals surface area contributed by atoms with E-state index in [2.05, 4.69) is 16.5 Å². The third-order valence-corrected chi connectivity index (χ3v) is 7.01. The molecular formula is C22H25N5O3S2. The van der Waals surface area contributed by atoms with Crippen molar-refractivity contribution >= 4 is 32.8 Å². The molecule has 2 heterocycles. The van der Waals surface area contributed by atoms with Crippen LogP contribution in [0, 0.1) is 0 Å². The molecule has 0 aliphatic rings. The molecule has 8 nitrogen and oxygen atoms in total. The van der Waals surface area contributed by atoms with Crippen LogP contribution in [0.5, 0.6) is 5.75 Å². The summed E-state index contributed by atoms with van der Waals surface area (Å²) in [4.78, 5) is 9.31. The van der Waals surface area contributed by atoms with E-state index in [4.69, 9.17) is 14.9 Å². The van der Waals surface area contributed by atoms with Gasteiger partial charge in [-0.25, -0.2) is 23.5 Å². The second kappa shape index (κ2) is 9.35. The Kier molecular flexibility index (Phi) is 6.54. The number of fused-ring (bicyclic) bond motifs is 1. The molecule has 4 rings (SSSR count). The van der Waals surface area contributed by atoms with Gasteiger partial charge in [-0.1, -0.05) is 31.2 Å². The van der Waals surface area contributed by atoms with Crippen LogP contribution in [-0.4, -0.2) is 34.6 Å². The number of primary sulfonamides is 1. The molecule has 0 amide bonds. The molecule has 0 fully saturated rings. The summed E-state index contributed by atoms with van der Waals surface area (Å²) in [7, 11) is -2.14. The van der Waals surface area contributed by atoms with Crippen LogP contribution in [0.3, 0.4) is 0 Å². The number of methoxy groups -OCH3 is 1. The van der Waals surface area contributed by atoms with Gasteiger partial charge in [0, 0.05) is 25.0 Å². The summed E-state index contributed by atoms with van der Waals surface area (Å²) in [6.07, 6.45) is 5.72. The predicted molar refractivity (Wildman–Crippen MR) is 126 cm³/mol. The lowest BCUT2D eigenvalue weighted by Gasteiger charge is -2.10. The van der Waals surface area contributed by atoms with Crippen LogP contribution in [0.25, 0.3) is 16.7 Å². The van der Waals surface area contributed by atoms with Gasteiger partial charge in [-0.3, -0.25) is 4.57 Å². The fourth-order valence-corrected chi connectivity index (χ4v) is 4.95. The minimum atomic E-state index is -3.78. The number of unbranched alkanes of at least 4 members (excludes halogenated alkanes) is 1. The van der Waals surface area contributed by atoms with Gasteiger partial charge >= 0.3 is 0 Å². The standard InChI is InChI=1S/C22H25N5O3S2/c1-3-4-11-27-20-9-8-18(32(23,28)29)14-19(20)25-21(27)15-31-22-24-10-12-26(22)16-6-5-7-17(13-16)30-2/h5-10,12-14H,3-4,11,15H2,1-2H3,(H2,23,28,29). The number of rotatable bonds is 9. The van der Waals surface area contributed by atoms with E-state index >= 15 is 0 Å². The zero-order valence-electron chi connectivity index (χ0n) is 17.9. The highest BCUT2D eigenvalue weighted by Crippen LogP contribution is 2.28. The van der Waals surface area contributed by atoms with E-state index in [1.807, 2.05) is 35.0 Å². The minimum Gasteiger partial charge on any atom is -0.497 e. The summed E-state index contributed by atoms with van der Waals surface area (Å²) >= 11 is 1.57. The monoisotopic (exact) mass is 471 g/mol. The molecular weight excluding hydrogens is 446 g/mol. The topological polar surface area (TPSA) is 105 Å². The molecule has 0 spiro atoms. The average molecular weight is 472 g/mol. The lowest BCUT2D eigenvalue weighted by Crippen LogP contribution is -2.11. The summed E-state index contributed by atoms with van der Waals surface area (Å²) < 4.78 is 33.0. The molecule has 0 bridgehead atoms. The molecule has 0 saturated heterocycles. The van der Waals surface area contributed by atoms with Crippen LogP contribution in [0.1, 0.15) is 25.6 Å². The third-order valence-electron chi connectivity index (χ3n) is 5.13. The molecule has 168 valence electrons. The highest BCUT2D eigenvalue weighted by atomic mass is 32.2. The number of ether oxygens (including phenoxy) is 1. The van der Waals surface area contributed by atoms with E-state index in [0.717, 1.165) is 47.3 Å². The van der Waals surface area contributed by atoms with Crippen molar-refractivity contribution in [3.63, 3.8) is 0 Å². The lowest BCUT2D eigenvalue weighted by atomic mass is 10.3. The van der Waals surface area contributed by atoms with Crippen LogP contribution in [0.4, 0.5) is 0 Å². The molecule has 0 saturated carbocycles. The van der Waals surface area contributed by atoms with Gasteiger partial charge in [-0.05, 0) is 36.8 Å². The van der Waals surface area contributed by atoms with E-state index in [9.17, 15) is 8.42 Å². The van der Waals surface area contributed by atoms with Crippen molar-refractivity contribution in [1.82, 2.24) is 19.1 Å². The quantitative estimate of drug-likeness (QED) is 0.370. The van der Waals surface area contributed by atoms with Crippen molar-refractivity contribution in [2.75, 3.05) is 7.11 Å². The maximum Gasteiger partial charge on any atom is 0.238 e. The van der Waals surface area contributed by atoms with Crippen LogP contribution in [-0.2, 0) is 22.3 Å². The van der Waals surface area contributed by atoms with E-state index in [1.54, 1.807) is 37.2 Å². The summed E-state index contributed by atoms with van der Waals surface area (Å²) in [5.41, 5.74) is 2.48. The normalized spacial score (nSPS) is 11.8. The molecule has 0 unspecified atom stereocenters. The number of aromatic nitrogens is 4. The van der Waals surface area contributed by atoms with Gasteiger partial charge in [0.15, 0.2) is 5.16 Å². The number of sulfonamides is 1. The molecule has 2 N–H and O–H groups in total. The average Bonchev–Trinajstić information content (AvgIpc) is 3.39. The number of hydrogen-bond donors (Lipinski definition) is 1. The number of benzene rings is 2. The molecule has 10 heteroatoms. The third kappa shape index (κ3) is 4.67. The Morgan fingerprint density at radius 2 is 2.03 bits per heavy atom. The highest BCUT2D eigenvalue weighted by Gasteiger charge is 2.16. The fourth-order valence-electron chi connectivity index (χ4n) is 3.49. The van der Waals surface area contributed by atoms with Crippen molar-refractivity contribution in [3.8, 4) is 11.4 Å². The zero-order chi connectivity index (χ0) is 22.7. The number of imidazole rings is 2. The van der Waals surface area contributed by atoms with Crippen molar-refractivity contribution in [1.29, 1.82) is 0 Å².